The second kappa shape index (κ2) is 6.64. The fraction of sp³-hybridized carbons (Fsp3) is 0.389. The van der Waals surface area contributed by atoms with Crippen LogP contribution in [0.2, 0.25) is 0 Å². The second-order valence-electron chi connectivity index (χ2n) is 6.04. The fourth-order valence-electron chi connectivity index (χ4n) is 3.08. The Balaban J connectivity index is 2.01. The maximum atomic E-state index is 14.3. The molecule has 2 aliphatic rings. The predicted octanol–water partition coefficient (Wildman–Crippen LogP) is 2.87. The predicted molar refractivity (Wildman–Crippen MR) is 90.5 cm³/mol. The average Bonchev–Trinajstić information content (AvgIpc) is 2.68. The molecular formula is C18H22FN3O. The number of hydrogen-bond donors (Lipinski definition) is 1. The van der Waals surface area contributed by atoms with Crippen LogP contribution in [0.5, 0.6) is 0 Å². The van der Waals surface area contributed by atoms with Gasteiger partial charge in [0.05, 0.1) is 24.9 Å². The van der Waals surface area contributed by atoms with E-state index in [1.54, 1.807) is 12.1 Å². The van der Waals surface area contributed by atoms with Gasteiger partial charge in [-0.05, 0) is 30.2 Å². The minimum absolute atomic E-state index is 0.0129. The van der Waals surface area contributed by atoms with Crippen molar-refractivity contribution in [2.75, 3.05) is 32.0 Å². The van der Waals surface area contributed by atoms with Gasteiger partial charge in [0.2, 0.25) is 0 Å². The lowest BCUT2D eigenvalue weighted by atomic mass is 10.0. The summed E-state index contributed by atoms with van der Waals surface area (Å²) in [5, 5.41) is 0. The summed E-state index contributed by atoms with van der Waals surface area (Å²) in [5.41, 5.74) is 9.14. The molecule has 4 nitrogen and oxygen atoms in total. The van der Waals surface area contributed by atoms with Gasteiger partial charge in [0.25, 0.3) is 0 Å². The Morgan fingerprint density at radius 1 is 1.35 bits per heavy atom. The molecule has 3 rings (SSSR count). The van der Waals surface area contributed by atoms with Gasteiger partial charge in [-0.1, -0.05) is 18.7 Å². The molecule has 0 spiro atoms. The molecule has 0 aromatic carbocycles. The molecule has 1 fully saturated rings. The molecule has 0 saturated carbocycles. The number of morpholine rings is 1. The first kappa shape index (κ1) is 15.9. The summed E-state index contributed by atoms with van der Waals surface area (Å²) >= 11 is 0. The van der Waals surface area contributed by atoms with Gasteiger partial charge in [0.1, 0.15) is 11.6 Å². The van der Waals surface area contributed by atoms with Crippen LogP contribution in [-0.2, 0) is 4.74 Å². The Bertz CT molecular complexity index is 675. The van der Waals surface area contributed by atoms with E-state index in [4.69, 9.17) is 10.5 Å². The summed E-state index contributed by atoms with van der Waals surface area (Å²) in [6, 6.07) is 3.66. The van der Waals surface area contributed by atoms with E-state index in [9.17, 15) is 4.39 Å². The van der Waals surface area contributed by atoms with Gasteiger partial charge in [-0.2, -0.15) is 0 Å². The van der Waals surface area contributed by atoms with Crippen LogP contribution in [0.4, 0.5) is 10.2 Å². The molecule has 1 aliphatic heterocycles. The molecule has 0 bridgehead atoms. The molecule has 23 heavy (non-hydrogen) atoms. The molecule has 2 heterocycles. The van der Waals surface area contributed by atoms with Crippen molar-refractivity contribution in [1.29, 1.82) is 0 Å². The lowest BCUT2D eigenvalue weighted by Gasteiger charge is -2.33. The van der Waals surface area contributed by atoms with Crippen molar-refractivity contribution in [2.24, 2.45) is 0 Å². The Hall–Kier alpha value is -1.98. The third-order valence-electron chi connectivity index (χ3n) is 4.29. The molecular weight excluding hydrogens is 293 g/mol. The molecule has 0 amide bonds. The monoisotopic (exact) mass is 315 g/mol. The zero-order valence-corrected chi connectivity index (χ0v) is 13.4. The summed E-state index contributed by atoms with van der Waals surface area (Å²) in [6.45, 7) is 9.07. The molecule has 1 unspecified atom stereocenters. The third-order valence-corrected chi connectivity index (χ3v) is 4.29. The SMILES string of the molecule is C=C1CC(F)=CC(c2nc(N)ccc2C)=CC1N1CCOCC1. The first-order valence-corrected chi connectivity index (χ1v) is 7.85. The molecule has 2 N–H and O–H groups in total. The number of nitrogen functional groups attached to an aromatic ring is 1. The van der Waals surface area contributed by atoms with Crippen LogP contribution < -0.4 is 5.73 Å². The van der Waals surface area contributed by atoms with Crippen molar-refractivity contribution >= 4 is 11.4 Å². The van der Waals surface area contributed by atoms with Gasteiger partial charge in [0.15, 0.2) is 0 Å². The molecule has 0 radical (unpaired) electrons. The summed E-state index contributed by atoms with van der Waals surface area (Å²) in [6.07, 6.45) is 3.86. The molecule has 5 heteroatoms. The summed E-state index contributed by atoms with van der Waals surface area (Å²) < 4.78 is 19.7. The van der Waals surface area contributed by atoms with Gasteiger partial charge >= 0.3 is 0 Å². The summed E-state index contributed by atoms with van der Waals surface area (Å²) in [4.78, 5) is 6.68. The molecule has 1 aliphatic carbocycles. The van der Waals surface area contributed by atoms with Crippen molar-refractivity contribution in [3.05, 3.63) is 53.5 Å². The van der Waals surface area contributed by atoms with Gasteiger partial charge < -0.3 is 10.5 Å². The minimum atomic E-state index is -0.194. The number of nitrogens with two attached hydrogens (primary N) is 1. The van der Waals surface area contributed by atoms with E-state index >= 15 is 0 Å². The maximum absolute atomic E-state index is 14.3. The number of hydrogen-bond acceptors (Lipinski definition) is 4. The van der Waals surface area contributed by atoms with Crippen molar-refractivity contribution in [3.8, 4) is 0 Å². The normalized spacial score (nSPS) is 23.2. The molecule has 122 valence electrons. The zero-order valence-electron chi connectivity index (χ0n) is 13.4. The third kappa shape index (κ3) is 3.51. The molecule has 1 saturated heterocycles. The summed E-state index contributed by atoms with van der Waals surface area (Å²) in [5.74, 6) is 0.243. The number of anilines is 1. The lowest BCUT2D eigenvalue weighted by molar-refractivity contribution is 0.0312. The van der Waals surface area contributed by atoms with Crippen LogP contribution in [0.15, 0.2) is 42.3 Å². The number of aryl methyl sites for hydroxylation is 1. The largest absolute Gasteiger partial charge is 0.384 e. The topological polar surface area (TPSA) is 51.4 Å². The quantitative estimate of drug-likeness (QED) is 0.853. The highest BCUT2D eigenvalue weighted by Crippen LogP contribution is 2.31. The van der Waals surface area contributed by atoms with E-state index in [-0.39, 0.29) is 18.3 Å². The number of pyridine rings is 1. The van der Waals surface area contributed by atoms with Crippen LogP contribution in [0.3, 0.4) is 0 Å². The van der Waals surface area contributed by atoms with Crippen LogP contribution >= 0.6 is 0 Å². The van der Waals surface area contributed by atoms with Gasteiger partial charge in [0, 0.05) is 25.1 Å². The Morgan fingerprint density at radius 2 is 2.09 bits per heavy atom. The van der Waals surface area contributed by atoms with E-state index in [0.29, 0.717) is 19.0 Å². The van der Waals surface area contributed by atoms with Crippen molar-refractivity contribution in [1.82, 2.24) is 9.88 Å². The highest BCUT2D eigenvalue weighted by molar-refractivity contribution is 5.76. The number of ether oxygens (including phenoxy) is 1. The highest BCUT2D eigenvalue weighted by Gasteiger charge is 2.25. The van der Waals surface area contributed by atoms with E-state index < -0.39 is 0 Å². The van der Waals surface area contributed by atoms with Crippen molar-refractivity contribution in [2.45, 2.75) is 19.4 Å². The number of nitrogens with zero attached hydrogens (tertiary/aromatic N) is 2. The Kier molecular flexibility index (Phi) is 4.59. The van der Waals surface area contributed by atoms with E-state index in [1.807, 2.05) is 13.0 Å². The smallest absolute Gasteiger partial charge is 0.124 e. The van der Waals surface area contributed by atoms with Crippen LogP contribution in [0, 0.1) is 6.92 Å². The number of aromatic nitrogens is 1. The fourth-order valence-corrected chi connectivity index (χ4v) is 3.08. The molecule has 1 aromatic rings. The Morgan fingerprint density at radius 3 is 2.83 bits per heavy atom. The second-order valence-corrected chi connectivity index (χ2v) is 6.04. The maximum Gasteiger partial charge on any atom is 0.124 e. The van der Waals surface area contributed by atoms with Crippen LogP contribution in [0.1, 0.15) is 17.7 Å². The highest BCUT2D eigenvalue weighted by atomic mass is 19.1. The van der Waals surface area contributed by atoms with Gasteiger partial charge in [-0.15, -0.1) is 0 Å². The van der Waals surface area contributed by atoms with E-state index in [0.717, 1.165) is 35.5 Å². The molecule has 1 aromatic heterocycles. The minimum Gasteiger partial charge on any atom is -0.384 e. The standard InChI is InChI=1S/C18H22FN3O/c1-12-3-4-17(20)21-18(12)14-10-15(19)9-13(2)16(11-14)22-5-7-23-8-6-22/h3-4,10-11,16H,2,5-9H2,1H3,(H2,20,21). The average molecular weight is 315 g/mol. The van der Waals surface area contributed by atoms with Crippen LogP contribution in [0.25, 0.3) is 5.57 Å². The van der Waals surface area contributed by atoms with Crippen LogP contribution in [-0.4, -0.2) is 42.2 Å². The molecule has 1 atom stereocenters. The van der Waals surface area contributed by atoms with Crippen molar-refractivity contribution < 1.29 is 9.13 Å². The van der Waals surface area contributed by atoms with Gasteiger partial charge in [-0.25, -0.2) is 9.37 Å². The number of rotatable bonds is 2. The van der Waals surface area contributed by atoms with Gasteiger partial charge in [-0.3, -0.25) is 4.90 Å². The van der Waals surface area contributed by atoms with Crippen molar-refractivity contribution in [3.63, 3.8) is 0 Å². The first-order chi connectivity index (χ1) is 11.0. The van der Waals surface area contributed by atoms with E-state index in [2.05, 4.69) is 22.5 Å². The lowest BCUT2D eigenvalue weighted by Crippen LogP contribution is -2.43. The number of allylic oxidation sites excluding steroid dienone is 3. The first-order valence-electron chi connectivity index (χ1n) is 7.85. The Labute approximate surface area is 136 Å². The zero-order chi connectivity index (χ0) is 16.4. The number of halogens is 1. The summed E-state index contributed by atoms with van der Waals surface area (Å²) in [7, 11) is 0. The van der Waals surface area contributed by atoms with E-state index in [1.165, 1.54) is 0 Å².